The number of methoxy groups -OCH3 is 2. The largest absolute Gasteiger partial charge is 0.504 e. The van der Waals surface area contributed by atoms with Crippen molar-refractivity contribution < 1.29 is 36.5 Å². The van der Waals surface area contributed by atoms with Crippen LogP contribution in [0.1, 0.15) is 0 Å². The van der Waals surface area contributed by atoms with Gasteiger partial charge in [-0.05, 0) is 36.4 Å². The molecule has 0 saturated carbocycles. The summed E-state index contributed by atoms with van der Waals surface area (Å²) in [5.74, 6) is -1.02. The van der Waals surface area contributed by atoms with Gasteiger partial charge in [0, 0.05) is 12.1 Å². The first kappa shape index (κ1) is 23.5. The Kier molecular flexibility index (Phi) is 6.44. The van der Waals surface area contributed by atoms with Crippen molar-refractivity contribution in [2.45, 2.75) is 9.79 Å². The molecule has 0 saturated heterocycles. The maximum absolute atomic E-state index is 13.5. The highest BCUT2D eigenvalue weighted by atomic mass is 35.5. The molecule has 0 heterocycles. The molecule has 0 aromatic heterocycles. The highest BCUT2D eigenvalue weighted by molar-refractivity contribution is 8.10. The smallest absolute Gasteiger partial charge is 0.277 e. The number of ether oxygens (including phenoxy) is 2. The molecule has 9 nitrogen and oxygen atoms in total. The molecule has 0 spiro atoms. The van der Waals surface area contributed by atoms with Gasteiger partial charge in [-0.25, -0.2) is 16.8 Å². The Morgan fingerprint density at radius 3 is 1.56 bits per heavy atom. The van der Waals surface area contributed by atoms with Crippen LogP contribution in [0.25, 0.3) is 0 Å². The van der Waals surface area contributed by atoms with E-state index in [1.807, 2.05) is 0 Å². The number of nitrogens with zero attached hydrogens (tertiary/aromatic N) is 1. The van der Waals surface area contributed by atoms with E-state index >= 15 is 0 Å². The summed E-state index contributed by atoms with van der Waals surface area (Å²) in [7, 11) is -7.10. The molecule has 0 radical (unpaired) electrons. The second-order valence-electron chi connectivity index (χ2n) is 6.33. The van der Waals surface area contributed by atoms with Crippen molar-refractivity contribution in [3.63, 3.8) is 0 Å². The van der Waals surface area contributed by atoms with E-state index in [2.05, 4.69) is 0 Å². The minimum absolute atomic E-state index is 0.00354. The summed E-state index contributed by atoms with van der Waals surface area (Å²) in [5, 5.41) is 19.9. The van der Waals surface area contributed by atoms with E-state index in [9.17, 15) is 27.0 Å². The van der Waals surface area contributed by atoms with E-state index < -0.39 is 41.3 Å². The van der Waals surface area contributed by atoms with Gasteiger partial charge in [0.05, 0.1) is 34.7 Å². The number of benzene rings is 3. The fourth-order valence-electron chi connectivity index (χ4n) is 2.84. The van der Waals surface area contributed by atoms with Crippen LogP contribution in [-0.2, 0) is 20.0 Å². The maximum atomic E-state index is 13.5. The summed E-state index contributed by atoms with van der Waals surface area (Å²) < 4.78 is 64.0. The second-order valence-corrected chi connectivity index (χ2v) is 10.5. The number of sulfonamides is 2. The Balaban J connectivity index is 2.29. The molecule has 3 aromatic carbocycles. The summed E-state index contributed by atoms with van der Waals surface area (Å²) in [6.07, 6.45) is 0. The number of para-hydroxylation sites is 1. The lowest BCUT2D eigenvalue weighted by Crippen LogP contribution is -2.37. The topological polar surface area (TPSA) is 130 Å². The first-order valence-corrected chi connectivity index (χ1v) is 12.1. The van der Waals surface area contributed by atoms with Crippen LogP contribution in [-0.4, -0.2) is 41.3 Å². The van der Waals surface area contributed by atoms with Crippen molar-refractivity contribution in [3.05, 3.63) is 65.7 Å². The standard InChI is InChI=1S/C20H18ClNO8S2/c1-29-19-9-7-13(11-17(19)23)31(25,26)22(16-6-4-3-5-15(16)21)32(27,28)14-8-10-20(30-2)18(24)12-14/h3-12,23-24H,1-2H3. The molecular formula is C20H18ClNO8S2. The van der Waals surface area contributed by atoms with Crippen LogP contribution in [0, 0.1) is 0 Å². The van der Waals surface area contributed by atoms with Gasteiger partial charge in [0.15, 0.2) is 23.0 Å². The Hall–Kier alpha value is -3.15. The molecule has 0 fully saturated rings. The lowest BCUT2D eigenvalue weighted by Gasteiger charge is -2.25. The fraction of sp³-hybridized carbons (Fsp3) is 0.100. The third-order valence-corrected chi connectivity index (χ3v) is 8.85. The number of phenols is 2. The normalized spacial score (nSPS) is 11.7. The molecule has 0 atom stereocenters. The van der Waals surface area contributed by atoms with E-state index in [1.165, 1.54) is 50.6 Å². The number of anilines is 1. The molecule has 0 unspecified atom stereocenters. The Labute approximate surface area is 190 Å². The zero-order chi connectivity index (χ0) is 23.7. The number of rotatable bonds is 7. The molecule has 0 aliphatic carbocycles. The van der Waals surface area contributed by atoms with Crippen LogP contribution >= 0.6 is 11.6 Å². The highest BCUT2D eigenvalue weighted by Gasteiger charge is 2.39. The second kappa shape index (κ2) is 8.77. The molecule has 0 aliphatic rings. The molecule has 32 heavy (non-hydrogen) atoms. The number of phenolic OH excluding ortho intramolecular Hbond substituents is 2. The molecule has 0 bridgehead atoms. The van der Waals surface area contributed by atoms with Crippen LogP contribution in [0.15, 0.2) is 70.5 Å². The summed E-state index contributed by atoms with van der Waals surface area (Å²) >= 11 is 6.15. The van der Waals surface area contributed by atoms with Crippen molar-refractivity contribution >= 4 is 37.3 Å². The van der Waals surface area contributed by atoms with E-state index in [0.717, 1.165) is 24.3 Å². The highest BCUT2D eigenvalue weighted by Crippen LogP contribution is 2.38. The van der Waals surface area contributed by atoms with Crippen LogP contribution in [0.5, 0.6) is 23.0 Å². The van der Waals surface area contributed by atoms with Gasteiger partial charge >= 0.3 is 0 Å². The molecule has 170 valence electrons. The lowest BCUT2D eigenvalue weighted by atomic mass is 10.3. The summed E-state index contributed by atoms with van der Waals surface area (Å²) in [6.45, 7) is 0. The first-order chi connectivity index (χ1) is 15.0. The van der Waals surface area contributed by atoms with Crippen LogP contribution in [0.4, 0.5) is 5.69 Å². The van der Waals surface area contributed by atoms with Crippen molar-refractivity contribution in [1.29, 1.82) is 0 Å². The summed E-state index contributed by atoms with van der Waals surface area (Å²) in [5.41, 5.74) is -0.347. The number of hydrogen-bond donors (Lipinski definition) is 2. The van der Waals surface area contributed by atoms with Crippen molar-refractivity contribution in [2.24, 2.45) is 0 Å². The Bertz CT molecular complexity index is 1290. The van der Waals surface area contributed by atoms with Gasteiger partial charge in [0.2, 0.25) is 0 Å². The molecular weight excluding hydrogens is 482 g/mol. The number of hydrogen-bond acceptors (Lipinski definition) is 8. The number of halogens is 1. The van der Waals surface area contributed by atoms with Gasteiger partial charge in [-0.2, -0.15) is 3.71 Å². The molecule has 12 heteroatoms. The van der Waals surface area contributed by atoms with E-state index in [1.54, 1.807) is 0 Å². The van der Waals surface area contributed by atoms with Crippen molar-refractivity contribution in [2.75, 3.05) is 17.9 Å². The minimum Gasteiger partial charge on any atom is -0.504 e. The van der Waals surface area contributed by atoms with E-state index in [0.29, 0.717) is 0 Å². The SMILES string of the molecule is COc1ccc(S(=O)(=O)N(c2ccccc2Cl)S(=O)(=O)c2ccc(OC)c(O)c2)cc1O. The lowest BCUT2D eigenvalue weighted by molar-refractivity contribution is 0.372. The van der Waals surface area contributed by atoms with Crippen molar-refractivity contribution in [1.82, 2.24) is 0 Å². The summed E-state index contributed by atoms with van der Waals surface area (Å²) in [4.78, 5) is -1.06. The molecule has 0 aliphatic heterocycles. The van der Waals surface area contributed by atoms with E-state index in [4.69, 9.17) is 21.1 Å². The third kappa shape index (κ3) is 4.14. The molecule has 0 amide bonds. The van der Waals surface area contributed by atoms with Gasteiger partial charge in [-0.15, -0.1) is 0 Å². The Morgan fingerprint density at radius 2 is 1.19 bits per heavy atom. The van der Waals surface area contributed by atoms with Crippen LogP contribution in [0.2, 0.25) is 5.02 Å². The average molecular weight is 500 g/mol. The monoisotopic (exact) mass is 499 g/mol. The molecule has 3 aromatic rings. The van der Waals surface area contributed by atoms with Gasteiger partial charge in [-0.1, -0.05) is 23.7 Å². The van der Waals surface area contributed by atoms with Gasteiger partial charge < -0.3 is 19.7 Å². The minimum atomic E-state index is -4.83. The summed E-state index contributed by atoms with van der Waals surface area (Å²) in [6, 6.07) is 11.7. The third-order valence-electron chi connectivity index (χ3n) is 4.38. The zero-order valence-corrected chi connectivity index (χ0v) is 19.1. The van der Waals surface area contributed by atoms with Crippen molar-refractivity contribution in [3.8, 4) is 23.0 Å². The van der Waals surface area contributed by atoms with Gasteiger partial charge in [0.1, 0.15) is 0 Å². The number of aromatic hydroxyl groups is 2. The van der Waals surface area contributed by atoms with Gasteiger partial charge in [0.25, 0.3) is 20.0 Å². The molecule has 3 rings (SSSR count). The van der Waals surface area contributed by atoms with Crippen LogP contribution < -0.4 is 13.2 Å². The van der Waals surface area contributed by atoms with E-state index in [-0.39, 0.29) is 25.9 Å². The zero-order valence-electron chi connectivity index (χ0n) is 16.8. The maximum Gasteiger partial charge on any atom is 0.277 e. The molecule has 2 N–H and O–H groups in total. The average Bonchev–Trinajstić information content (AvgIpc) is 2.74. The fourth-order valence-corrected chi connectivity index (χ4v) is 6.93. The predicted molar refractivity (Wildman–Crippen MR) is 118 cm³/mol. The predicted octanol–water partition coefficient (Wildman–Crippen LogP) is 3.35. The van der Waals surface area contributed by atoms with Crippen LogP contribution in [0.3, 0.4) is 0 Å². The quantitative estimate of drug-likeness (QED) is 0.506. The first-order valence-electron chi connectivity index (χ1n) is 8.83. The Morgan fingerprint density at radius 1 is 0.750 bits per heavy atom. The van der Waals surface area contributed by atoms with Gasteiger partial charge in [-0.3, -0.25) is 0 Å².